The lowest BCUT2D eigenvalue weighted by Crippen LogP contribution is -2.37. The molecule has 2 unspecified atom stereocenters. The normalized spacial score (nSPS) is 18.9. The lowest BCUT2D eigenvalue weighted by atomic mass is 9.84. The van der Waals surface area contributed by atoms with Crippen molar-refractivity contribution in [2.24, 2.45) is 11.8 Å². The van der Waals surface area contributed by atoms with Crippen molar-refractivity contribution in [3.8, 4) is 0 Å². The molecule has 1 saturated heterocycles. The van der Waals surface area contributed by atoms with Crippen molar-refractivity contribution < 1.29 is 9.32 Å². The van der Waals surface area contributed by atoms with E-state index >= 15 is 0 Å². The zero-order valence-corrected chi connectivity index (χ0v) is 14.2. The van der Waals surface area contributed by atoms with Gasteiger partial charge >= 0.3 is 0 Å². The molecule has 22 heavy (non-hydrogen) atoms. The summed E-state index contributed by atoms with van der Waals surface area (Å²) in [5.74, 6) is 2.13. The van der Waals surface area contributed by atoms with Crippen LogP contribution in [-0.4, -0.2) is 30.2 Å². The van der Waals surface area contributed by atoms with E-state index in [1.165, 1.54) is 12.8 Å². The van der Waals surface area contributed by atoms with Gasteiger partial charge in [-0.1, -0.05) is 12.1 Å². The van der Waals surface area contributed by atoms with Crippen LogP contribution < -0.4 is 10.6 Å². The monoisotopic (exact) mass is 307 g/mol. The number of hydrogen-bond donors (Lipinski definition) is 2. The SMILES string of the molecule is Cc1noc(C)c1CC(C)NC(=O)CC(C)C1CCNCC1. The van der Waals surface area contributed by atoms with Gasteiger partial charge in [0.15, 0.2) is 0 Å². The van der Waals surface area contributed by atoms with Crippen molar-refractivity contribution in [1.82, 2.24) is 15.8 Å². The van der Waals surface area contributed by atoms with E-state index in [2.05, 4.69) is 22.7 Å². The molecule has 0 aromatic carbocycles. The number of hydrogen-bond acceptors (Lipinski definition) is 4. The fourth-order valence-corrected chi connectivity index (χ4v) is 3.36. The van der Waals surface area contributed by atoms with Gasteiger partial charge in [-0.3, -0.25) is 4.79 Å². The number of amides is 1. The van der Waals surface area contributed by atoms with Crippen LogP contribution in [0.25, 0.3) is 0 Å². The van der Waals surface area contributed by atoms with Crippen molar-refractivity contribution in [2.75, 3.05) is 13.1 Å². The van der Waals surface area contributed by atoms with E-state index < -0.39 is 0 Å². The summed E-state index contributed by atoms with van der Waals surface area (Å²) in [4.78, 5) is 12.2. The van der Waals surface area contributed by atoms with Crippen LogP contribution in [0, 0.1) is 25.7 Å². The maximum Gasteiger partial charge on any atom is 0.220 e. The van der Waals surface area contributed by atoms with E-state index in [0.717, 1.165) is 36.5 Å². The fourth-order valence-electron chi connectivity index (χ4n) is 3.36. The summed E-state index contributed by atoms with van der Waals surface area (Å²) >= 11 is 0. The molecule has 2 rings (SSSR count). The largest absolute Gasteiger partial charge is 0.361 e. The third-order valence-corrected chi connectivity index (χ3v) is 4.79. The first-order valence-corrected chi connectivity index (χ1v) is 8.39. The minimum Gasteiger partial charge on any atom is -0.361 e. The van der Waals surface area contributed by atoms with Crippen molar-refractivity contribution in [3.63, 3.8) is 0 Å². The van der Waals surface area contributed by atoms with Gasteiger partial charge in [0.1, 0.15) is 5.76 Å². The van der Waals surface area contributed by atoms with E-state index in [1.807, 2.05) is 20.8 Å². The molecule has 124 valence electrons. The van der Waals surface area contributed by atoms with E-state index in [4.69, 9.17) is 4.52 Å². The molecule has 0 aliphatic carbocycles. The van der Waals surface area contributed by atoms with Crippen LogP contribution in [0.5, 0.6) is 0 Å². The van der Waals surface area contributed by atoms with Crippen molar-refractivity contribution in [3.05, 3.63) is 17.0 Å². The molecule has 1 fully saturated rings. The molecule has 1 aromatic heterocycles. The van der Waals surface area contributed by atoms with Crippen LogP contribution >= 0.6 is 0 Å². The van der Waals surface area contributed by atoms with Gasteiger partial charge in [0, 0.05) is 18.0 Å². The van der Waals surface area contributed by atoms with Crippen LogP contribution in [0.15, 0.2) is 4.52 Å². The molecule has 0 radical (unpaired) electrons. The van der Waals surface area contributed by atoms with E-state index in [-0.39, 0.29) is 11.9 Å². The molecule has 5 nitrogen and oxygen atoms in total. The average molecular weight is 307 g/mol. The van der Waals surface area contributed by atoms with Gasteiger partial charge in [-0.2, -0.15) is 0 Å². The van der Waals surface area contributed by atoms with Crippen molar-refractivity contribution in [2.45, 2.75) is 59.4 Å². The molecule has 2 heterocycles. The minimum atomic E-state index is 0.101. The van der Waals surface area contributed by atoms with Crippen LogP contribution in [0.1, 0.15) is 50.1 Å². The van der Waals surface area contributed by atoms with E-state index in [0.29, 0.717) is 18.3 Å². The van der Waals surface area contributed by atoms with Crippen LogP contribution in [-0.2, 0) is 11.2 Å². The van der Waals surface area contributed by atoms with Crippen molar-refractivity contribution >= 4 is 5.91 Å². The molecule has 0 saturated carbocycles. The zero-order valence-electron chi connectivity index (χ0n) is 14.2. The number of piperidine rings is 1. The number of carbonyl (C=O) groups is 1. The molecule has 1 amide bonds. The van der Waals surface area contributed by atoms with E-state index in [1.54, 1.807) is 0 Å². The zero-order chi connectivity index (χ0) is 16.1. The fraction of sp³-hybridized carbons (Fsp3) is 0.765. The molecule has 1 aliphatic heterocycles. The Kier molecular flexibility index (Phi) is 6.00. The number of nitrogens with one attached hydrogen (secondary N) is 2. The second-order valence-electron chi connectivity index (χ2n) is 6.74. The Balaban J connectivity index is 1.78. The number of carbonyl (C=O) groups excluding carboxylic acids is 1. The Bertz CT molecular complexity index is 473. The predicted molar refractivity (Wildman–Crippen MR) is 86.7 cm³/mol. The maximum absolute atomic E-state index is 12.2. The highest BCUT2D eigenvalue weighted by Crippen LogP contribution is 2.24. The summed E-state index contributed by atoms with van der Waals surface area (Å²) in [7, 11) is 0. The number of nitrogens with zero attached hydrogens (tertiary/aromatic N) is 1. The topological polar surface area (TPSA) is 67.2 Å². The Morgan fingerprint density at radius 1 is 1.36 bits per heavy atom. The van der Waals surface area contributed by atoms with Gasteiger partial charge in [-0.15, -0.1) is 0 Å². The molecule has 0 bridgehead atoms. The summed E-state index contributed by atoms with van der Waals surface area (Å²) < 4.78 is 5.18. The number of rotatable bonds is 6. The lowest BCUT2D eigenvalue weighted by Gasteiger charge is -2.28. The smallest absolute Gasteiger partial charge is 0.220 e. The Morgan fingerprint density at radius 3 is 2.64 bits per heavy atom. The van der Waals surface area contributed by atoms with E-state index in [9.17, 15) is 4.79 Å². The third-order valence-electron chi connectivity index (χ3n) is 4.79. The maximum atomic E-state index is 12.2. The first-order valence-electron chi connectivity index (χ1n) is 8.39. The third kappa shape index (κ3) is 4.57. The highest BCUT2D eigenvalue weighted by Gasteiger charge is 2.23. The van der Waals surface area contributed by atoms with Crippen LogP contribution in [0.3, 0.4) is 0 Å². The van der Waals surface area contributed by atoms with Gasteiger partial charge in [0.25, 0.3) is 0 Å². The van der Waals surface area contributed by atoms with Crippen molar-refractivity contribution in [1.29, 1.82) is 0 Å². The van der Waals surface area contributed by atoms with Gasteiger partial charge in [0.2, 0.25) is 5.91 Å². The lowest BCUT2D eigenvalue weighted by molar-refractivity contribution is -0.122. The summed E-state index contributed by atoms with van der Waals surface area (Å²) in [5, 5.41) is 10.5. The number of aryl methyl sites for hydroxylation is 2. The van der Waals surface area contributed by atoms with Crippen LogP contribution in [0.4, 0.5) is 0 Å². The Labute approximate surface area is 133 Å². The molecule has 5 heteroatoms. The quantitative estimate of drug-likeness (QED) is 0.846. The summed E-state index contributed by atoms with van der Waals surface area (Å²) in [5.41, 5.74) is 2.03. The Morgan fingerprint density at radius 2 is 2.05 bits per heavy atom. The molecular weight excluding hydrogens is 278 g/mol. The molecule has 2 atom stereocenters. The van der Waals surface area contributed by atoms with Gasteiger partial charge < -0.3 is 15.2 Å². The first-order chi connectivity index (χ1) is 10.5. The molecule has 1 aromatic rings. The molecule has 2 N–H and O–H groups in total. The number of aromatic nitrogens is 1. The second-order valence-corrected chi connectivity index (χ2v) is 6.74. The molecular formula is C17H29N3O2. The summed E-state index contributed by atoms with van der Waals surface area (Å²) in [6.45, 7) is 10.3. The summed E-state index contributed by atoms with van der Waals surface area (Å²) in [6, 6.07) is 0.101. The summed E-state index contributed by atoms with van der Waals surface area (Å²) in [6.07, 6.45) is 3.76. The van der Waals surface area contributed by atoms with Gasteiger partial charge in [-0.25, -0.2) is 0 Å². The average Bonchev–Trinajstić information content (AvgIpc) is 2.79. The highest BCUT2D eigenvalue weighted by atomic mass is 16.5. The first kappa shape index (κ1) is 17.0. The highest BCUT2D eigenvalue weighted by molar-refractivity contribution is 5.76. The van der Waals surface area contributed by atoms with Gasteiger partial charge in [-0.05, 0) is 65.0 Å². The Hall–Kier alpha value is -1.36. The molecule has 0 spiro atoms. The molecule has 1 aliphatic rings. The minimum absolute atomic E-state index is 0.101. The van der Waals surface area contributed by atoms with Gasteiger partial charge in [0.05, 0.1) is 5.69 Å². The second kappa shape index (κ2) is 7.77. The predicted octanol–water partition coefficient (Wildman–Crippen LogP) is 2.36. The van der Waals surface area contributed by atoms with Crippen LogP contribution in [0.2, 0.25) is 0 Å². The standard InChI is InChI=1S/C17H29N3O2/c1-11(15-5-7-18-8-6-15)9-17(21)19-12(2)10-16-13(3)20-22-14(16)4/h11-12,15,18H,5-10H2,1-4H3,(H,19,21).